The second kappa shape index (κ2) is 9.56. The largest absolute Gasteiger partial charge is 0.493 e. The molecule has 3 aromatic rings. The van der Waals surface area contributed by atoms with Gasteiger partial charge in [0.2, 0.25) is 0 Å². The van der Waals surface area contributed by atoms with Gasteiger partial charge in [0.1, 0.15) is 18.0 Å². The number of aromatic nitrogens is 2. The molecule has 0 atom stereocenters. The number of nitrogens with two attached hydrogens (primary N) is 1. The second-order valence-electron chi connectivity index (χ2n) is 7.57. The van der Waals surface area contributed by atoms with E-state index in [9.17, 15) is 9.18 Å². The molecule has 3 N–H and O–H groups in total. The van der Waals surface area contributed by atoms with Gasteiger partial charge in [-0.1, -0.05) is 15.9 Å². The van der Waals surface area contributed by atoms with Crippen molar-refractivity contribution in [2.75, 3.05) is 32.1 Å². The second-order valence-corrected chi connectivity index (χ2v) is 8.49. The third-order valence-electron chi connectivity index (χ3n) is 5.51. The number of methoxy groups -OCH3 is 1. The monoisotopic (exact) mass is 503 g/mol. The van der Waals surface area contributed by atoms with Crippen molar-refractivity contribution >= 4 is 44.4 Å². The van der Waals surface area contributed by atoms with E-state index in [0.29, 0.717) is 64.0 Å². The first-order chi connectivity index (χ1) is 15.4. The number of urea groups is 1. The Morgan fingerprint density at radius 2 is 2.03 bits per heavy atom. The van der Waals surface area contributed by atoms with E-state index in [1.165, 1.54) is 12.4 Å². The molecule has 0 spiro atoms. The lowest BCUT2D eigenvalue weighted by molar-refractivity contribution is 0.149. The topological polar surface area (TPSA) is 103 Å². The van der Waals surface area contributed by atoms with Crippen LogP contribution in [0, 0.1) is 11.7 Å². The molecule has 8 nitrogen and oxygen atoms in total. The molecular weight excluding hydrogens is 481 g/mol. The van der Waals surface area contributed by atoms with E-state index in [1.807, 2.05) is 0 Å². The SMILES string of the molecule is COc1cc2c(Nc3ccc(Br)cc3F)ncnc2cc1OCC1CCN(C(N)=O)CC1. The van der Waals surface area contributed by atoms with Crippen molar-refractivity contribution in [2.24, 2.45) is 11.7 Å². The molecule has 10 heteroatoms. The van der Waals surface area contributed by atoms with E-state index >= 15 is 0 Å². The van der Waals surface area contributed by atoms with Gasteiger partial charge >= 0.3 is 6.03 Å². The van der Waals surface area contributed by atoms with Crippen molar-refractivity contribution in [2.45, 2.75) is 12.8 Å². The Morgan fingerprint density at radius 1 is 1.25 bits per heavy atom. The van der Waals surface area contributed by atoms with E-state index in [1.54, 1.807) is 36.3 Å². The van der Waals surface area contributed by atoms with Gasteiger partial charge in [-0.05, 0) is 43.0 Å². The number of primary amides is 1. The molecule has 2 amide bonds. The Hall–Kier alpha value is -3.14. The summed E-state index contributed by atoms with van der Waals surface area (Å²) in [4.78, 5) is 21.5. The number of ether oxygens (including phenoxy) is 2. The predicted molar refractivity (Wildman–Crippen MR) is 123 cm³/mol. The average molecular weight is 504 g/mol. The highest BCUT2D eigenvalue weighted by Gasteiger charge is 2.22. The number of nitrogens with zero attached hydrogens (tertiary/aromatic N) is 3. The number of anilines is 2. The Bertz CT molecular complexity index is 1140. The first-order valence-electron chi connectivity index (χ1n) is 10.2. The molecule has 0 bridgehead atoms. The average Bonchev–Trinajstić information content (AvgIpc) is 2.79. The maximum Gasteiger partial charge on any atom is 0.314 e. The van der Waals surface area contributed by atoms with Crippen LogP contribution in [0.15, 0.2) is 41.1 Å². The van der Waals surface area contributed by atoms with Gasteiger partial charge in [-0.15, -0.1) is 0 Å². The van der Waals surface area contributed by atoms with E-state index in [4.69, 9.17) is 15.2 Å². The number of hydrogen-bond donors (Lipinski definition) is 2. The number of amides is 2. The molecule has 0 unspecified atom stereocenters. The van der Waals surface area contributed by atoms with Gasteiger partial charge in [0, 0.05) is 29.0 Å². The van der Waals surface area contributed by atoms with E-state index in [-0.39, 0.29) is 6.03 Å². The van der Waals surface area contributed by atoms with E-state index in [2.05, 4.69) is 31.2 Å². The number of likely N-dealkylation sites (tertiary alicyclic amines) is 1. The van der Waals surface area contributed by atoms with Gasteiger partial charge in [-0.25, -0.2) is 19.2 Å². The molecule has 0 radical (unpaired) electrons. The summed E-state index contributed by atoms with van der Waals surface area (Å²) in [5.74, 6) is 1.47. The molecule has 1 saturated heterocycles. The highest BCUT2D eigenvalue weighted by Crippen LogP contribution is 2.35. The number of piperidine rings is 1. The van der Waals surface area contributed by atoms with Crippen LogP contribution in [-0.2, 0) is 0 Å². The van der Waals surface area contributed by atoms with Crippen LogP contribution in [0.2, 0.25) is 0 Å². The molecular formula is C22H23BrFN5O3. The van der Waals surface area contributed by atoms with Gasteiger partial charge in [-0.2, -0.15) is 0 Å². The lowest BCUT2D eigenvalue weighted by Gasteiger charge is -2.30. The predicted octanol–water partition coefficient (Wildman–Crippen LogP) is 4.45. The highest BCUT2D eigenvalue weighted by molar-refractivity contribution is 9.10. The zero-order chi connectivity index (χ0) is 22.7. The molecule has 1 aliphatic rings. The van der Waals surface area contributed by atoms with Crippen molar-refractivity contribution in [1.29, 1.82) is 0 Å². The number of rotatable bonds is 6. The Labute approximate surface area is 193 Å². The molecule has 2 aromatic carbocycles. The van der Waals surface area contributed by atoms with Crippen LogP contribution in [-0.4, -0.2) is 47.7 Å². The van der Waals surface area contributed by atoms with Crippen LogP contribution in [0.1, 0.15) is 12.8 Å². The van der Waals surface area contributed by atoms with Crippen LogP contribution < -0.4 is 20.5 Å². The quantitative estimate of drug-likeness (QED) is 0.514. The first kappa shape index (κ1) is 22.1. The van der Waals surface area contributed by atoms with Gasteiger partial charge in [0.25, 0.3) is 0 Å². The zero-order valence-corrected chi connectivity index (χ0v) is 19.1. The normalized spacial score (nSPS) is 14.4. The van der Waals surface area contributed by atoms with Crippen LogP contribution in [0.5, 0.6) is 11.5 Å². The summed E-state index contributed by atoms with van der Waals surface area (Å²) < 4.78 is 26.5. The summed E-state index contributed by atoms with van der Waals surface area (Å²) in [6.45, 7) is 1.76. The summed E-state index contributed by atoms with van der Waals surface area (Å²) in [6.07, 6.45) is 3.07. The highest BCUT2D eigenvalue weighted by atomic mass is 79.9. The molecule has 1 aliphatic heterocycles. The third kappa shape index (κ3) is 4.85. The summed E-state index contributed by atoms with van der Waals surface area (Å²) in [5, 5.41) is 3.70. The van der Waals surface area contributed by atoms with E-state index < -0.39 is 5.82 Å². The summed E-state index contributed by atoms with van der Waals surface area (Å²) >= 11 is 3.25. The van der Waals surface area contributed by atoms with Crippen molar-refractivity contribution in [1.82, 2.24) is 14.9 Å². The van der Waals surface area contributed by atoms with Gasteiger partial charge in [-0.3, -0.25) is 0 Å². The molecule has 1 fully saturated rings. The fourth-order valence-electron chi connectivity index (χ4n) is 3.68. The molecule has 0 saturated carbocycles. The van der Waals surface area contributed by atoms with Crippen molar-refractivity contribution in [3.8, 4) is 11.5 Å². The van der Waals surface area contributed by atoms with Crippen molar-refractivity contribution in [3.05, 3.63) is 46.9 Å². The fourth-order valence-corrected chi connectivity index (χ4v) is 4.02. The van der Waals surface area contributed by atoms with Crippen LogP contribution in [0.25, 0.3) is 10.9 Å². The molecule has 168 valence electrons. The molecule has 0 aliphatic carbocycles. The Balaban J connectivity index is 1.53. The zero-order valence-electron chi connectivity index (χ0n) is 17.5. The number of benzene rings is 2. The minimum atomic E-state index is -0.402. The van der Waals surface area contributed by atoms with Gasteiger partial charge < -0.3 is 25.4 Å². The Morgan fingerprint density at radius 3 is 2.72 bits per heavy atom. The Kier molecular flexibility index (Phi) is 6.59. The molecule has 4 rings (SSSR count). The van der Waals surface area contributed by atoms with Crippen LogP contribution in [0.3, 0.4) is 0 Å². The minimum absolute atomic E-state index is 0.301. The molecule has 32 heavy (non-hydrogen) atoms. The summed E-state index contributed by atoms with van der Waals surface area (Å²) in [6, 6.07) is 7.94. The number of nitrogens with one attached hydrogen (secondary N) is 1. The smallest absolute Gasteiger partial charge is 0.314 e. The number of halogens is 2. The van der Waals surface area contributed by atoms with E-state index in [0.717, 1.165) is 12.8 Å². The number of carbonyl (C=O) groups excluding carboxylic acids is 1. The number of hydrogen-bond acceptors (Lipinski definition) is 6. The van der Waals surface area contributed by atoms with Crippen molar-refractivity contribution in [3.63, 3.8) is 0 Å². The van der Waals surface area contributed by atoms with Gasteiger partial charge in [0.15, 0.2) is 11.5 Å². The van der Waals surface area contributed by atoms with Crippen LogP contribution >= 0.6 is 15.9 Å². The van der Waals surface area contributed by atoms with Gasteiger partial charge in [0.05, 0.1) is 24.9 Å². The maximum absolute atomic E-state index is 14.3. The molecule has 2 heterocycles. The number of carbonyl (C=O) groups is 1. The van der Waals surface area contributed by atoms with Crippen molar-refractivity contribution < 1.29 is 18.7 Å². The third-order valence-corrected chi connectivity index (χ3v) is 6.00. The maximum atomic E-state index is 14.3. The van der Waals surface area contributed by atoms with Crippen LogP contribution in [0.4, 0.5) is 20.7 Å². The number of fused-ring (bicyclic) bond motifs is 1. The lowest BCUT2D eigenvalue weighted by Crippen LogP contribution is -2.42. The summed E-state index contributed by atoms with van der Waals surface area (Å²) in [7, 11) is 1.56. The fraction of sp³-hybridized carbons (Fsp3) is 0.318. The summed E-state index contributed by atoms with van der Waals surface area (Å²) in [5.41, 5.74) is 6.28. The minimum Gasteiger partial charge on any atom is -0.493 e. The molecule has 1 aromatic heterocycles. The first-order valence-corrected chi connectivity index (χ1v) is 11.0. The lowest BCUT2D eigenvalue weighted by atomic mass is 9.98. The standard InChI is InChI=1S/C22H23BrFN5O3/c1-31-19-9-15-18(10-20(19)32-11-13-4-6-29(7-5-13)22(25)30)26-12-27-21(15)28-17-3-2-14(23)8-16(17)24/h2-3,8-10,12-13H,4-7,11H2,1H3,(H2,25,30)(H,26,27,28).